The third kappa shape index (κ3) is 2.83. The lowest BCUT2D eigenvalue weighted by Gasteiger charge is -2.04. The SMILES string of the molecule is CC(C)c1nsc(Oc2ccc3cc(Br)ccc3c2)n1. The van der Waals surface area contributed by atoms with Gasteiger partial charge in [-0.05, 0) is 35.0 Å². The van der Waals surface area contributed by atoms with Gasteiger partial charge in [0.2, 0.25) is 0 Å². The molecule has 0 N–H and O–H groups in total. The first-order chi connectivity index (χ1) is 9.61. The van der Waals surface area contributed by atoms with E-state index in [9.17, 15) is 0 Å². The molecule has 20 heavy (non-hydrogen) atoms. The molecule has 3 rings (SSSR count). The summed E-state index contributed by atoms with van der Waals surface area (Å²) in [5.74, 6) is 1.93. The third-order valence-corrected chi connectivity index (χ3v) is 4.02. The van der Waals surface area contributed by atoms with Crippen molar-refractivity contribution in [3.63, 3.8) is 0 Å². The van der Waals surface area contributed by atoms with E-state index < -0.39 is 0 Å². The van der Waals surface area contributed by atoms with Crippen LogP contribution in [-0.2, 0) is 0 Å². The summed E-state index contributed by atoms with van der Waals surface area (Å²) in [6.07, 6.45) is 0. The largest absolute Gasteiger partial charge is 0.430 e. The Labute approximate surface area is 129 Å². The average Bonchev–Trinajstić information content (AvgIpc) is 2.88. The van der Waals surface area contributed by atoms with Gasteiger partial charge in [0.05, 0.1) is 0 Å². The summed E-state index contributed by atoms with van der Waals surface area (Å²) < 4.78 is 11.1. The van der Waals surface area contributed by atoms with E-state index in [4.69, 9.17) is 4.74 Å². The van der Waals surface area contributed by atoms with Gasteiger partial charge in [0.1, 0.15) is 11.6 Å². The monoisotopic (exact) mass is 348 g/mol. The highest BCUT2D eigenvalue weighted by Crippen LogP contribution is 2.29. The van der Waals surface area contributed by atoms with Crippen molar-refractivity contribution in [3.8, 4) is 10.9 Å². The number of halogens is 1. The van der Waals surface area contributed by atoms with E-state index in [0.717, 1.165) is 21.4 Å². The first-order valence-electron chi connectivity index (χ1n) is 6.32. The third-order valence-electron chi connectivity index (χ3n) is 2.92. The Bertz CT molecular complexity index is 754. The second-order valence-electron chi connectivity index (χ2n) is 4.83. The average molecular weight is 349 g/mol. The second-order valence-corrected chi connectivity index (χ2v) is 6.46. The molecule has 0 bridgehead atoms. The number of hydrogen-bond donors (Lipinski definition) is 0. The van der Waals surface area contributed by atoms with Crippen molar-refractivity contribution >= 4 is 38.2 Å². The first-order valence-corrected chi connectivity index (χ1v) is 7.89. The molecular formula is C15H13BrN2OS. The summed E-state index contributed by atoms with van der Waals surface area (Å²) in [4.78, 5) is 4.38. The Morgan fingerprint density at radius 3 is 2.60 bits per heavy atom. The van der Waals surface area contributed by atoms with E-state index in [0.29, 0.717) is 11.1 Å². The fourth-order valence-corrected chi connectivity index (χ4v) is 2.93. The van der Waals surface area contributed by atoms with Crippen LogP contribution in [0, 0.1) is 0 Å². The van der Waals surface area contributed by atoms with Crippen molar-refractivity contribution in [1.29, 1.82) is 0 Å². The van der Waals surface area contributed by atoms with E-state index in [1.807, 2.05) is 24.3 Å². The van der Waals surface area contributed by atoms with Crippen LogP contribution in [0.3, 0.4) is 0 Å². The minimum atomic E-state index is 0.317. The molecule has 2 aromatic carbocycles. The Morgan fingerprint density at radius 2 is 1.85 bits per heavy atom. The van der Waals surface area contributed by atoms with Crippen molar-refractivity contribution < 1.29 is 4.74 Å². The summed E-state index contributed by atoms with van der Waals surface area (Å²) in [7, 11) is 0. The van der Waals surface area contributed by atoms with Gasteiger partial charge in [-0.3, -0.25) is 0 Å². The predicted molar refractivity (Wildman–Crippen MR) is 85.7 cm³/mol. The lowest BCUT2D eigenvalue weighted by molar-refractivity contribution is 0.477. The number of benzene rings is 2. The molecule has 0 spiro atoms. The molecule has 0 aliphatic heterocycles. The summed E-state index contributed by atoms with van der Waals surface area (Å²) in [6, 6.07) is 12.2. The van der Waals surface area contributed by atoms with Crippen LogP contribution in [0.4, 0.5) is 0 Å². The van der Waals surface area contributed by atoms with Gasteiger partial charge in [0, 0.05) is 21.9 Å². The number of nitrogens with zero attached hydrogens (tertiary/aromatic N) is 2. The quantitative estimate of drug-likeness (QED) is 0.638. The van der Waals surface area contributed by atoms with E-state index in [2.05, 4.69) is 51.3 Å². The van der Waals surface area contributed by atoms with Gasteiger partial charge in [-0.1, -0.05) is 41.9 Å². The standard InChI is InChI=1S/C15H13BrN2OS/c1-9(2)14-17-15(20-18-14)19-13-6-4-10-7-12(16)5-3-11(10)8-13/h3-9H,1-2H3. The molecule has 0 aliphatic carbocycles. The number of aromatic nitrogens is 2. The number of ether oxygens (including phenoxy) is 1. The van der Waals surface area contributed by atoms with Gasteiger partial charge in [0.15, 0.2) is 0 Å². The molecule has 0 saturated carbocycles. The van der Waals surface area contributed by atoms with E-state index in [-0.39, 0.29) is 0 Å². The van der Waals surface area contributed by atoms with E-state index in [1.54, 1.807) is 0 Å². The molecule has 0 atom stereocenters. The Morgan fingerprint density at radius 1 is 1.10 bits per heavy atom. The number of fused-ring (bicyclic) bond motifs is 1. The van der Waals surface area contributed by atoms with Gasteiger partial charge < -0.3 is 4.74 Å². The molecule has 0 radical (unpaired) electrons. The second kappa shape index (κ2) is 5.50. The van der Waals surface area contributed by atoms with Crippen LogP contribution < -0.4 is 4.74 Å². The normalized spacial score (nSPS) is 11.2. The zero-order chi connectivity index (χ0) is 14.1. The van der Waals surface area contributed by atoms with E-state index >= 15 is 0 Å². The van der Waals surface area contributed by atoms with Crippen molar-refractivity contribution in [2.45, 2.75) is 19.8 Å². The van der Waals surface area contributed by atoms with Gasteiger partial charge in [-0.15, -0.1) is 0 Å². The van der Waals surface area contributed by atoms with Gasteiger partial charge in [0.25, 0.3) is 5.19 Å². The smallest absolute Gasteiger partial charge is 0.298 e. The number of rotatable bonds is 3. The van der Waals surface area contributed by atoms with Crippen molar-refractivity contribution in [3.05, 3.63) is 46.7 Å². The predicted octanol–water partition coefficient (Wildman–Crippen LogP) is 5.37. The van der Waals surface area contributed by atoms with Gasteiger partial charge in [-0.2, -0.15) is 9.36 Å². The highest BCUT2D eigenvalue weighted by atomic mass is 79.9. The molecule has 0 fully saturated rings. The van der Waals surface area contributed by atoms with Crippen LogP contribution in [0.5, 0.6) is 10.9 Å². The highest BCUT2D eigenvalue weighted by molar-refractivity contribution is 9.10. The molecule has 102 valence electrons. The minimum absolute atomic E-state index is 0.317. The molecule has 0 aliphatic rings. The molecular weight excluding hydrogens is 336 g/mol. The summed E-state index contributed by atoms with van der Waals surface area (Å²) in [6.45, 7) is 4.14. The molecule has 1 aromatic heterocycles. The van der Waals surface area contributed by atoms with Crippen molar-refractivity contribution in [2.75, 3.05) is 0 Å². The van der Waals surface area contributed by atoms with Crippen LogP contribution >= 0.6 is 27.5 Å². The molecule has 0 amide bonds. The molecule has 5 heteroatoms. The molecule has 0 unspecified atom stereocenters. The summed E-state index contributed by atoms with van der Waals surface area (Å²) >= 11 is 4.76. The summed E-state index contributed by atoms with van der Waals surface area (Å²) in [5.41, 5.74) is 0. The highest BCUT2D eigenvalue weighted by Gasteiger charge is 2.09. The maximum atomic E-state index is 5.78. The topological polar surface area (TPSA) is 35.0 Å². The van der Waals surface area contributed by atoms with Crippen LogP contribution in [-0.4, -0.2) is 9.36 Å². The van der Waals surface area contributed by atoms with Gasteiger partial charge in [-0.25, -0.2) is 0 Å². The molecule has 3 aromatic rings. The Balaban J connectivity index is 1.88. The first kappa shape index (κ1) is 13.5. The summed E-state index contributed by atoms with van der Waals surface area (Å²) in [5, 5.41) is 2.90. The fourth-order valence-electron chi connectivity index (χ4n) is 1.86. The maximum absolute atomic E-state index is 5.78. The molecule has 3 nitrogen and oxygen atoms in total. The Hall–Kier alpha value is -1.46. The lowest BCUT2D eigenvalue weighted by Crippen LogP contribution is -1.90. The van der Waals surface area contributed by atoms with Crippen molar-refractivity contribution in [2.24, 2.45) is 0 Å². The van der Waals surface area contributed by atoms with E-state index in [1.165, 1.54) is 16.9 Å². The van der Waals surface area contributed by atoms with Crippen molar-refractivity contribution in [1.82, 2.24) is 9.36 Å². The lowest BCUT2D eigenvalue weighted by atomic mass is 10.1. The van der Waals surface area contributed by atoms with Gasteiger partial charge >= 0.3 is 0 Å². The maximum Gasteiger partial charge on any atom is 0.298 e. The zero-order valence-electron chi connectivity index (χ0n) is 11.1. The van der Waals surface area contributed by atoms with Crippen LogP contribution in [0.25, 0.3) is 10.8 Å². The zero-order valence-corrected chi connectivity index (χ0v) is 13.5. The molecule has 0 saturated heterocycles. The molecule has 1 heterocycles. The van der Waals surface area contributed by atoms with Crippen LogP contribution in [0.15, 0.2) is 40.9 Å². The Kier molecular flexibility index (Phi) is 3.72. The minimum Gasteiger partial charge on any atom is -0.430 e. The van der Waals surface area contributed by atoms with Crippen LogP contribution in [0.1, 0.15) is 25.6 Å². The van der Waals surface area contributed by atoms with Crippen LogP contribution in [0.2, 0.25) is 0 Å². The fraction of sp³-hybridized carbons (Fsp3) is 0.200. The number of hydrogen-bond acceptors (Lipinski definition) is 4.